The smallest absolute Gasteiger partial charge is 0.167 e. The zero-order valence-electron chi connectivity index (χ0n) is 19.2. The van der Waals surface area contributed by atoms with Gasteiger partial charge in [-0.05, 0) is 38.8 Å². The lowest BCUT2D eigenvalue weighted by molar-refractivity contribution is -0.193. The van der Waals surface area contributed by atoms with Crippen LogP contribution < -0.4 is 5.32 Å². The van der Waals surface area contributed by atoms with Gasteiger partial charge in [0.05, 0.1) is 12.4 Å². The fourth-order valence-electron chi connectivity index (χ4n) is 5.16. The van der Waals surface area contributed by atoms with E-state index >= 15 is 0 Å². The fraction of sp³-hybridized carbons (Fsp3) is 0.542. The van der Waals surface area contributed by atoms with E-state index in [1.54, 1.807) is 24.8 Å². The van der Waals surface area contributed by atoms with E-state index in [9.17, 15) is 4.39 Å². The molecule has 1 saturated carbocycles. The largest absolute Gasteiger partial charge is 0.365 e. The van der Waals surface area contributed by atoms with Crippen LogP contribution in [0, 0.1) is 5.82 Å². The SMILES string of the molecule is CC1(C)OC2[C@@H](O1)C(n1cnc3c(NC4CCCC4)ncnc31)O[C@@H]2CSc1ccccc1F. The number of aromatic nitrogens is 4. The number of anilines is 1. The van der Waals surface area contributed by atoms with E-state index in [0.717, 1.165) is 24.2 Å². The van der Waals surface area contributed by atoms with Gasteiger partial charge in [-0.3, -0.25) is 4.57 Å². The maximum Gasteiger partial charge on any atom is 0.167 e. The van der Waals surface area contributed by atoms with Gasteiger partial charge in [-0.2, -0.15) is 0 Å². The highest BCUT2D eigenvalue weighted by molar-refractivity contribution is 7.99. The van der Waals surface area contributed by atoms with Crippen molar-refractivity contribution in [3.05, 3.63) is 42.7 Å². The number of imidazole rings is 1. The Morgan fingerprint density at radius 2 is 1.91 bits per heavy atom. The van der Waals surface area contributed by atoms with Gasteiger partial charge in [0.15, 0.2) is 29.0 Å². The van der Waals surface area contributed by atoms with E-state index in [2.05, 4.69) is 20.3 Å². The molecule has 6 rings (SSSR count). The molecule has 3 aliphatic rings. The second kappa shape index (κ2) is 8.75. The Balaban J connectivity index is 1.27. The van der Waals surface area contributed by atoms with Crippen molar-refractivity contribution in [3.63, 3.8) is 0 Å². The molecule has 3 fully saturated rings. The molecule has 1 N–H and O–H groups in total. The average Bonchev–Trinajstić information content (AvgIpc) is 3.58. The number of nitrogens with one attached hydrogen (secondary N) is 1. The summed E-state index contributed by atoms with van der Waals surface area (Å²) in [5.41, 5.74) is 1.41. The highest BCUT2D eigenvalue weighted by atomic mass is 32.2. The van der Waals surface area contributed by atoms with Gasteiger partial charge in [0.1, 0.15) is 24.4 Å². The van der Waals surface area contributed by atoms with Crippen LogP contribution in [0.15, 0.2) is 41.8 Å². The van der Waals surface area contributed by atoms with Crippen molar-refractivity contribution in [2.45, 2.75) is 80.8 Å². The van der Waals surface area contributed by atoms with Gasteiger partial charge in [0, 0.05) is 16.7 Å². The van der Waals surface area contributed by atoms with Crippen LogP contribution in [-0.4, -0.2) is 55.4 Å². The quantitative estimate of drug-likeness (QED) is 0.510. The van der Waals surface area contributed by atoms with Crippen LogP contribution in [0.5, 0.6) is 0 Å². The third-order valence-corrected chi connectivity index (χ3v) is 7.83. The lowest BCUT2D eigenvalue weighted by Gasteiger charge is -2.24. The number of hydrogen-bond donors (Lipinski definition) is 1. The van der Waals surface area contributed by atoms with Crippen molar-refractivity contribution < 1.29 is 18.6 Å². The first-order valence-corrected chi connectivity index (χ1v) is 12.8. The van der Waals surface area contributed by atoms with E-state index in [1.165, 1.54) is 30.7 Å². The van der Waals surface area contributed by atoms with Crippen molar-refractivity contribution in [3.8, 4) is 0 Å². The maximum absolute atomic E-state index is 14.2. The van der Waals surface area contributed by atoms with Gasteiger partial charge in [0.2, 0.25) is 0 Å². The van der Waals surface area contributed by atoms with Gasteiger partial charge in [-0.15, -0.1) is 11.8 Å². The number of nitrogens with zero attached hydrogens (tertiary/aromatic N) is 4. The number of thioether (sulfide) groups is 1. The molecule has 34 heavy (non-hydrogen) atoms. The second-order valence-corrected chi connectivity index (χ2v) is 10.6. The van der Waals surface area contributed by atoms with Gasteiger partial charge in [-0.25, -0.2) is 19.3 Å². The molecule has 4 atom stereocenters. The molecule has 0 spiro atoms. The molecule has 2 aromatic heterocycles. The van der Waals surface area contributed by atoms with E-state index in [1.807, 2.05) is 24.5 Å². The molecule has 1 aromatic carbocycles. The van der Waals surface area contributed by atoms with Crippen LogP contribution in [0.2, 0.25) is 0 Å². The summed E-state index contributed by atoms with van der Waals surface area (Å²) in [6.45, 7) is 3.81. The first kappa shape index (κ1) is 22.2. The van der Waals surface area contributed by atoms with Crippen molar-refractivity contribution in [2.24, 2.45) is 0 Å². The predicted molar refractivity (Wildman–Crippen MR) is 126 cm³/mol. The Kier molecular flexibility index (Phi) is 5.71. The molecule has 10 heteroatoms. The molecule has 180 valence electrons. The molecule has 0 bridgehead atoms. The van der Waals surface area contributed by atoms with Crippen LogP contribution in [0.1, 0.15) is 45.8 Å². The Morgan fingerprint density at radius 3 is 2.74 bits per heavy atom. The second-order valence-electron chi connectivity index (χ2n) is 9.54. The summed E-state index contributed by atoms with van der Waals surface area (Å²) in [5.74, 6) is 0.315. The number of fused-ring (bicyclic) bond motifs is 2. The lowest BCUT2D eigenvalue weighted by atomic mass is 10.1. The summed E-state index contributed by atoms with van der Waals surface area (Å²) in [7, 11) is 0. The third-order valence-electron chi connectivity index (χ3n) is 6.69. The van der Waals surface area contributed by atoms with Crippen molar-refractivity contribution >= 4 is 28.7 Å². The van der Waals surface area contributed by atoms with Crippen molar-refractivity contribution in [1.82, 2.24) is 19.5 Å². The lowest BCUT2D eigenvalue weighted by Crippen LogP contribution is -2.31. The van der Waals surface area contributed by atoms with Gasteiger partial charge >= 0.3 is 0 Å². The highest BCUT2D eigenvalue weighted by Crippen LogP contribution is 2.45. The van der Waals surface area contributed by atoms with E-state index in [-0.39, 0.29) is 24.1 Å². The monoisotopic (exact) mass is 485 g/mol. The molecule has 0 amide bonds. The summed E-state index contributed by atoms with van der Waals surface area (Å²) >= 11 is 1.42. The van der Waals surface area contributed by atoms with E-state index in [4.69, 9.17) is 14.2 Å². The predicted octanol–water partition coefficient (Wildman–Crippen LogP) is 4.53. The minimum Gasteiger partial charge on any atom is -0.365 e. The molecule has 1 aliphatic carbocycles. The van der Waals surface area contributed by atoms with Crippen LogP contribution in [0.4, 0.5) is 10.2 Å². The molecular formula is C24H28FN5O3S. The standard InChI is InChI=1S/C24H28FN5O3S/c1-24(2)32-19-16(11-34-17-10-6-5-9-15(17)25)31-23(20(19)33-24)30-13-28-18-21(26-12-27-22(18)30)29-14-7-3-4-8-14/h5-6,9-10,12-14,16,19-20,23H,3-4,7-8,11H2,1-2H3,(H,26,27,29)/t16-,19?,20-,23?/m1/s1. The van der Waals surface area contributed by atoms with Crippen LogP contribution in [0.25, 0.3) is 11.2 Å². The van der Waals surface area contributed by atoms with Crippen LogP contribution >= 0.6 is 11.8 Å². The van der Waals surface area contributed by atoms with Crippen molar-refractivity contribution in [2.75, 3.05) is 11.1 Å². The average molecular weight is 486 g/mol. The topological polar surface area (TPSA) is 83.3 Å². The number of hydrogen-bond acceptors (Lipinski definition) is 8. The molecule has 2 aliphatic heterocycles. The number of benzene rings is 1. The molecule has 4 heterocycles. The molecule has 2 saturated heterocycles. The number of rotatable bonds is 6. The normalized spacial score (nSPS) is 28.6. The first-order valence-electron chi connectivity index (χ1n) is 11.8. The summed E-state index contributed by atoms with van der Waals surface area (Å²) in [5, 5.41) is 3.54. The molecule has 8 nitrogen and oxygen atoms in total. The Morgan fingerprint density at radius 1 is 1.12 bits per heavy atom. The minimum atomic E-state index is -0.737. The van der Waals surface area contributed by atoms with Gasteiger partial charge in [-0.1, -0.05) is 25.0 Å². The Labute approximate surface area is 201 Å². The maximum atomic E-state index is 14.2. The molecular weight excluding hydrogens is 457 g/mol. The summed E-state index contributed by atoms with van der Waals surface area (Å²) in [6.07, 6.45) is 6.70. The zero-order chi connectivity index (χ0) is 23.3. The summed E-state index contributed by atoms with van der Waals surface area (Å²) in [4.78, 5) is 14.2. The van der Waals surface area contributed by atoms with E-state index in [0.29, 0.717) is 22.3 Å². The van der Waals surface area contributed by atoms with Gasteiger partial charge < -0.3 is 19.5 Å². The summed E-state index contributed by atoms with van der Waals surface area (Å²) < 4.78 is 35.0. The highest BCUT2D eigenvalue weighted by Gasteiger charge is 2.56. The Bertz CT molecular complexity index is 1180. The number of halogens is 1. The van der Waals surface area contributed by atoms with Gasteiger partial charge in [0.25, 0.3) is 0 Å². The van der Waals surface area contributed by atoms with Crippen LogP contribution in [0.3, 0.4) is 0 Å². The fourth-order valence-corrected chi connectivity index (χ4v) is 6.15. The third kappa shape index (κ3) is 4.06. The minimum absolute atomic E-state index is 0.234. The molecule has 2 unspecified atom stereocenters. The molecule has 3 aromatic rings. The Hall–Kier alpha value is -2.27. The number of ether oxygens (including phenoxy) is 3. The molecule has 0 radical (unpaired) electrons. The summed E-state index contributed by atoms with van der Waals surface area (Å²) in [6, 6.07) is 7.19. The van der Waals surface area contributed by atoms with E-state index < -0.39 is 12.0 Å². The van der Waals surface area contributed by atoms with Crippen LogP contribution in [-0.2, 0) is 14.2 Å². The van der Waals surface area contributed by atoms with Crippen molar-refractivity contribution in [1.29, 1.82) is 0 Å². The zero-order valence-corrected chi connectivity index (χ0v) is 20.0. The first-order chi connectivity index (χ1) is 16.5.